The summed E-state index contributed by atoms with van der Waals surface area (Å²) in [6.07, 6.45) is 4.40. The number of nitrogens with one attached hydrogen (secondary N) is 1. The summed E-state index contributed by atoms with van der Waals surface area (Å²) in [6.45, 7) is 0. The standard InChI is InChI=1S/C12H16N2O2/c13-11-9(6-3-7-10(11)15)12(16)14-8-4-1-2-5-8/h3,6-8,15H,1-2,4-5,13H2,(H,14,16). The van der Waals surface area contributed by atoms with Crippen LogP contribution in [0, 0.1) is 0 Å². The maximum atomic E-state index is 11.9. The van der Waals surface area contributed by atoms with Crippen molar-refractivity contribution in [3.05, 3.63) is 23.8 Å². The van der Waals surface area contributed by atoms with E-state index in [2.05, 4.69) is 5.32 Å². The number of phenols is 1. The first kappa shape index (κ1) is 10.8. The molecule has 0 saturated heterocycles. The van der Waals surface area contributed by atoms with Crippen molar-refractivity contribution in [1.29, 1.82) is 0 Å². The highest BCUT2D eigenvalue weighted by Gasteiger charge is 2.19. The van der Waals surface area contributed by atoms with Gasteiger partial charge in [-0.25, -0.2) is 0 Å². The second kappa shape index (κ2) is 4.43. The van der Waals surface area contributed by atoms with Gasteiger partial charge in [0.25, 0.3) is 5.91 Å². The lowest BCUT2D eigenvalue weighted by Crippen LogP contribution is -2.33. The van der Waals surface area contributed by atoms with Gasteiger partial charge in [-0.3, -0.25) is 4.79 Å². The third-order valence-electron chi connectivity index (χ3n) is 3.02. The van der Waals surface area contributed by atoms with Crippen molar-refractivity contribution in [2.45, 2.75) is 31.7 Å². The van der Waals surface area contributed by atoms with Gasteiger partial charge in [-0.15, -0.1) is 0 Å². The number of carbonyl (C=O) groups is 1. The van der Waals surface area contributed by atoms with Gasteiger partial charge in [0.1, 0.15) is 5.75 Å². The minimum Gasteiger partial charge on any atom is -0.506 e. The summed E-state index contributed by atoms with van der Waals surface area (Å²) in [6, 6.07) is 4.98. The molecule has 4 nitrogen and oxygen atoms in total. The Bertz CT molecular complexity index is 398. The van der Waals surface area contributed by atoms with Gasteiger partial charge in [0.05, 0.1) is 11.3 Å². The Morgan fingerprint density at radius 3 is 2.75 bits per heavy atom. The summed E-state index contributed by atoms with van der Waals surface area (Å²) >= 11 is 0. The van der Waals surface area contributed by atoms with Crippen molar-refractivity contribution in [2.24, 2.45) is 0 Å². The van der Waals surface area contributed by atoms with E-state index in [1.54, 1.807) is 12.1 Å². The van der Waals surface area contributed by atoms with E-state index in [-0.39, 0.29) is 23.4 Å². The Hall–Kier alpha value is -1.71. The lowest BCUT2D eigenvalue weighted by atomic mass is 10.1. The maximum absolute atomic E-state index is 11.9. The number of hydrogen-bond acceptors (Lipinski definition) is 3. The topological polar surface area (TPSA) is 75.3 Å². The highest BCUT2D eigenvalue weighted by molar-refractivity contribution is 6.00. The molecule has 4 heteroatoms. The number of phenolic OH excluding ortho intramolecular Hbond substituents is 1. The first-order valence-corrected chi connectivity index (χ1v) is 5.57. The van der Waals surface area contributed by atoms with Gasteiger partial charge in [0, 0.05) is 6.04 Å². The molecule has 1 aromatic rings. The van der Waals surface area contributed by atoms with Crippen LogP contribution in [0.2, 0.25) is 0 Å². The summed E-state index contributed by atoms with van der Waals surface area (Å²) in [7, 11) is 0. The number of nitrogens with two attached hydrogens (primary N) is 1. The molecular formula is C12H16N2O2. The number of benzene rings is 1. The second-order valence-electron chi connectivity index (χ2n) is 4.19. The summed E-state index contributed by atoms with van der Waals surface area (Å²) < 4.78 is 0. The van der Waals surface area contributed by atoms with E-state index in [9.17, 15) is 9.90 Å². The van der Waals surface area contributed by atoms with Crippen LogP contribution in [-0.2, 0) is 0 Å². The van der Waals surface area contributed by atoms with E-state index in [4.69, 9.17) is 5.73 Å². The average molecular weight is 220 g/mol. The number of para-hydroxylation sites is 1. The van der Waals surface area contributed by atoms with Crippen molar-refractivity contribution in [3.8, 4) is 5.75 Å². The zero-order chi connectivity index (χ0) is 11.5. The lowest BCUT2D eigenvalue weighted by molar-refractivity contribution is 0.0938. The molecule has 86 valence electrons. The minimum atomic E-state index is -0.194. The molecule has 1 aromatic carbocycles. The van der Waals surface area contributed by atoms with Crippen molar-refractivity contribution in [1.82, 2.24) is 5.32 Å². The zero-order valence-electron chi connectivity index (χ0n) is 9.07. The molecule has 16 heavy (non-hydrogen) atoms. The molecule has 0 aliphatic heterocycles. The summed E-state index contributed by atoms with van der Waals surface area (Å²) in [4.78, 5) is 11.9. The van der Waals surface area contributed by atoms with Crippen LogP contribution in [0.3, 0.4) is 0 Å². The Morgan fingerprint density at radius 2 is 2.06 bits per heavy atom. The van der Waals surface area contributed by atoms with Crippen LogP contribution in [0.25, 0.3) is 0 Å². The maximum Gasteiger partial charge on any atom is 0.253 e. The molecule has 0 heterocycles. The molecule has 1 saturated carbocycles. The number of nitrogen functional groups attached to an aromatic ring is 1. The van der Waals surface area contributed by atoms with Crippen LogP contribution in [0.5, 0.6) is 5.75 Å². The predicted molar refractivity (Wildman–Crippen MR) is 62.2 cm³/mol. The van der Waals surface area contributed by atoms with Crippen molar-refractivity contribution < 1.29 is 9.90 Å². The SMILES string of the molecule is Nc1c(O)cccc1C(=O)NC1CCCC1. The van der Waals surface area contributed by atoms with E-state index in [0.29, 0.717) is 5.56 Å². The van der Waals surface area contributed by atoms with Crippen molar-refractivity contribution in [2.75, 3.05) is 5.73 Å². The third kappa shape index (κ3) is 2.10. The largest absolute Gasteiger partial charge is 0.506 e. The number of aromatic hydroxyl groups is 1. The summed E-state index contributed by atoms with van der Waals surface area (Å²) in [5.74, 6) is -0.237. The number of hydrogen-bond donors (Lipinski definition) is 3. The molecule has 0 bridgehead atoms. The Morgan fingerprint density at radius 1 is 1.38 bits per heavy atom. The lowest BCUT2D eigenvalue weighted by Gasteiger charge is -2.13. The van der Waals surface area contributed by atoms with Gasteiger partial charge in [0.2, 0.25) is 0 Å². The van der Waals surface area contributed by atoms with Crippen LogP contribution in [-0.4, -0.2) is 17.1 Å². The van der Waals surface area contributed by atoms with Crippen LogP contribution in [0.1, 0.15) is 36.0 Å². The Labute approximate surface area is 94.5 Å². The number of anilines is 1. The van der Waals surface area contributed by atoms with Crippen LogP contribution in [0.15, 0.2) is 18.2 Å². The first-order chi connectivity index (χ1) is 7.68. The van der Waals surface area contributed by atoms with E-state index in [0.717, 1.165) is 12.8 Å². The monoisotopic (exact) mass is 220 g/mol. The Balaban J connectivity index is 2.11. The first-order valence-electron chi connectivity index (χ1n) is 5.57. The number of amides is 1. The fraction of sp³-hybridized carbons (Fsp3) is 0.417. The molecule has 1 aliphatic rings. The molecule has 4 N–H and O–H groups in total. The van der Waals surface area contributed by atoms with Gasteiger partial charge in [-0.1, -0.05) is 18.9 Å². The van der Waals surface area contributed by atoms with Crippen LogP contribution < -0.4 is 11.1 Å². The van der Waals surface area contributed by atoms with E-state index in [1.807, 2.05) is 0 Å². The number of carbonyl (C=O) groups excluding carboxylic acids is 1. The molecular weight excluding hydrogens is 204 g/mol. The van der Waals surface area contributed by atoms with Crippen LogP contribution >= 0.6 is 0 Å². The molecule has 0 radical (unpaired) electrons. The van der Waals surface area contributed by atoms with E-state index < -0.39 is 0 Å². The van der Waals surface area contributed by atoms with Gasteiger partial charge in [0.15, 0.2) is 0 Å². The molecule has 2 rings (SSSR count). The van der Waals surface area contributed by atoms with Gasteiger partial charge in [-0.05, 0) is 25.0 Å². The van der Waals surface area contributed by atoms with Gasteiger partial charge in [-0.2, -0.15) is 0 Å². The third-order valence-corrected chi connectivity index (χ3v) is 3.02. The normalized spacial score (nSPS) is 16.2. The zero-order valence-corrected chi connectivity index (χ0v) is 9.07. The average Bonchev–Trinajstić information content (AvgIpc) is 2.74. The van der Waals surface area contributed by atoms with Gasteiger partial charge < -0.3 is 16.2 Å². The van der Waals surface area contributed by atoms with E-state index in [1.165, 1.54) is 18.9 Å². The molecule has 1 fully saturated rings. The quantitative estimate of drug-likeness (QED) is 0.524. The summed E-state index contributed by atoms with van der Waals surface area (Å²) in [5.41, 5.74) is 6.15. The molecule has 1 amide bonds. The molecule has 1 aliphatic carbocycles. The number of rotatable bonds is 2. The molecule has 0 spiro atoms. The summed E-state index contributed by atoms with van der Waals surface area (Å²) in [5, 5.41) is 12.3. The van der Waals surface area contributed by atoms with Gasteiger partial charge >= 0.3 is 0 Å². The molecule has 0 aromatic heterocycles. The highest BCUT2D eigenvalue weighted by Crippen LogP contribution is 2.24. The Kier molecular flexibility index (Phi) is 2.99. The van der Waals surface area contributed by atoms with Crippen molar-refractivity contribution >= 4 is 11.6 Å². The smallest absolute Gasteiger partial charge is 0.253 e. The van der Waals surface area contributed by atoms with Crippen LogP contribution in [0.4, 0.5) is 5.69 Å². The van der Waals surface area contributed by atoms with E-state index >= 15 is 0 Å². The van der Waals surface area contributed by atoms with Crippen molar-refractivity contribution in [3.63, 3.8) is 0 Å². The molecule has 0 unspecified atom stereocenters. The fourth-order valence-electron chi connectivity index (χ4n) is 2.08. The highest BCUT2D eigenvalue weighted by atomic mass is 16.3. The minimum absolute atomic E-state index is 0.0425. The molecule has 0 atom stereocenters. The fourth-order valence-corrected chi connectivity index (χ4v) is 2.08. The predicted octanol–water partition coefficient (Wildman–Crippen LogP) is 1.65. The second-order valence-corrected chi connectivity index (χ2v) is 4.19.